The van der Waals surface area contributed by atoms with Crippen molar-refractivity contribution >= 4 is 40.1 Å². The zero-order valence-corrected chi connectivity index (χ0v) is 19.4. The maximum Gasteiger partial charge on any atom is 0.272 e. The average molecular weight is 489 g/mol. The molecule has 0 aliphatic heterocycles. The van der Waals surface area contributed by atoms with Crippen LogP contribution < -0.4 is 10.6 Å². The van der Waals surface area contributed by atoms with Crippen LogP contribution in [0.1, 0.15) is 27.7 Å². The van der Waals surface area contributed by atoms with E-state index in [2.05, 4.69) is 25.6 Å². The standard InChI is InChI=1S/C25H21ClN6O3/c1-15-11-27-25(29-19-5-6-22-17(10-19)7-8-35-22)31-23(15)32-12-20(28-14-32)24(34)30-21(13-33)16-3-2-4-18(26)9-16/h2-12,14,21,33H,13H2,1H3,(H,30,34)(H,27,29,31). The lowest BCUT2D eigenvalue weighted by Gasteiger charge is -2.16. The molecule has 0 saturated carbocycles. The van der Waals surface area contributed by atoms with E-state index in [0.29, 0.717) is 22.4 Å². The summed E-state index contributed by atoms with van der Waals surface area (Å²) in [6, 6.07) is 13.9. The zero-order valence-electron chi connectivity index (χ0n) is 18.6. The van der Waals surface area contributed by atoms with Crippen molar-refractivity contribution in [3.63, 3.8) is 0 Å². The van der Waals surface area contributed by atoms with Gasteiger partial charge in [-0.1, -0.05) is 23.7 Å². The SMILES string of the molecule is Cc1cnc(Nc2ccc3occc3c2)nc1-n1cnc(C(=O)NC(CO)c2cccc(Cl)c2)c1. The number of amides is 1. The Labute approximate surface area is 205 Å². The summed E-state index contributed by atoms with van der Waals surface area (Å²) in [7, 11) is 0. The van der Waals surface area contributed by atoms with Crippen LogP contribution in [0.15, 0.2) is 77.9 Å². The highest BCUT2D eigenvalue weighted by Gasteiger charge is 2.18. The summed E-state index contributed by atoms with van der Waals surface area (Å²) >= 11 is 6.04. The second-order valence-electron chi connectivity index (χ2n) is 7.93. The number of nitrogens with zero attached hydrogens (tertiary/aromatic N) is 4. The van der Waals surface area contributed by atoms with E-state index in [1.54, 1.807) is 47.5 Å². The molecule has 5 aromatic rings. The molecular weight excluding hydrogens is 468 g/mol. The van der Waals surface area contributed by atoms with Crippen molar-refractivity contribution in [2.24, 2.45) is 0 Å². The Morgan fingerprint density at radius 3 is 2.91 bits per heavy atom. The molecule has 5 rings (SSSR count). The molecule has 10 heteroatoms. The van der Waals surface area contributed by atoms with Crippen LogP contribution >= 0.6 is 11.6 Å². The molecule has 1 amide bonds. The van der Waals surface area contributed by atoms with Crippen LogP contribution in [-0.2, 0) is 0 Å². The summed E-state index contributed by atoms with van der Waals surface area (Å²) in [4.78, 5) is 26.0. The number of carbonyl (C=O) groups is 1. The summed E-state index contributed by atoms with van der Waals surface area (Å²) in [5, 5.41) is 17.2. The lowest BCUT2D eigenvalue weighted by molar-refractivity contribution is 0.0911. The minimum atomic E-state index is -0.615. The molecule has 3 aromatic heterocycles. The van der Waals surface area contributed by atoms with Crippen LogP contribution in [0.4, 0.5) is 11.6 Å². The van der Waals surface area contributed by atoms with Gasteiger partial charge in [0.25, 0.3) is 5.91 Å². The second kappa shape index (κ2) is 9.57. The number of rotatable bonds is 7. The van der Waals surface area contributed by atoms with E-state index >= 15 is 0 Å². The summed E-state index contributed by atoms with van der Waals surface area (Å²) in [6.45, 7) is 1.59. The van der Waals surface area contributed by atoms with E-state index in [-0.39, 0.29) is 12.3 Å². The number of furan rings is 1. The Morgan fingerprint density at radius 2 is 2.09 bits per heavy atom. The van der Waals surface area contributed by atoms with Gasteiger partial charge >= 0.3 is 0 Å². The van der Waals surface area contributed by atoms with Crippen LogP contribution in [0.5, 0.6) is 0 Å². The Kier molecular flexibility index (Phi) is 6.17. The van der Waals surface area contributed by atoms with Crippen molar-refractivity contribution < 1.29 is 14.3 Å². The van der Waals surface area contributed by atoms with Crippen LogP contribution in [-0.4, -0.2) is 37.1 Å². The molecule has 0 aliphatic carbocycles. The third kappa shape index (κ3) is 4.86. The van der Waals surface area contributed by atoms with Crippen molar-refractivity contribution in [3.05, 3.63) is 95.4 Å². The van der Waals surface area contributed by atoms with Gasteiger partial charge in [-0.15, -0.1) is 0 Å². The van der Waals surface area contributed by atoms with Crippen molar-refractivity contribution in [2.75, 3.05) is 11.9 Å². The van der Waals surface area contributed by atoms with Crippen LogP contribution in [0, 0.1) is 6.92 Å². The number of carbonyl (C=O) groups excluding carboxylic acids is 1. The van der Waals surface area contributed by atoms with Crippen molar-refractivity contribution in [1.82, 2.24) is 24.8 Å². The molecule has 1 atom stereocenters. The fourth-order valence-electron chi connectivity index (χ4n) is 3.67. The molecule has 0 bridgehead atoms. The molecule has 3 heterocycles. The topological polar surface area (TPSA) is 118 Å². The molecule has 35 heavy (non-hydrogen) atoms. The van der Waals surface area contributed by atoms with Crippen LogP contribution in [0.3, 0.4) is 0 Å². The van der Waals surface area contributed by atoms with Gasteiger partial charge < -0.3 is 20.2 Å². The minimum Gasteiger partial charge on any atom is -0.464 e. The fourth-order valence-corrected chi connectivity index (χ4v) is 3.87. The van der Waals surface area contributed by atoms with Crippen molar-refractivity contribution in [1.29, 1.82) is 0 Å². The Balaban J connectivity index is 1.35. The molecular formula is C25H21ClN6O3. The van der Waals surface area contributed by atoms with Gasteiger partial charge in [0.15, 0.2) is 0 Å². The first-order valence-corrected chi connectivity index (χ1v) is 11.2. The third-order valence-electron chi connectivity index (χ3n) is 5.45. The highest BCUT2D eigenvalue weighted by molar-refractivity contribution is 6.30. The summed E-state index contributed by atoms with van der Waals surface area (Å²) < 4.78 is 7.03. The number of aliphatic hydroxyl groups excluding tert-OH is 1. The second-order valence-corrected chi connectivity index (χ2v) is 8.36. The quantitative estimate of drug-likeness (QED) is 0.307. The summed E-state index contributed by atoms with van der Waals surface area (Å²) in [5.41, 5.74) is 3.30. The number of aromatic nitrogens is 4. The molecule has 0 fully saturated rings. The maximum absolute atomic E-state index is 12.8. The first-order valence-electron chi connectivity index (χ1n) is 10.8. The molecule has 0 radical (unpaired) electrons. The van der Waals surface area contributed by atoms with Gasteiger partial charge in [0, 0.05) is 34.1 Å². The van der Waals surface area contributed by atoms with Crippen LogP contribution in [0.25, 0.3) is 16.8 Å². The molecule has 176 valence electrons. The molecule has 0 spiro atoms. The minimum absolute atomic E-state index is 0.184. The average Bonchev–Trinajstić information content (AvgIpc) is 3.53. The Bertz CT molecular complexity index is 1510. The van der Waals surface area contributed by atoms with Gasteiger partial charge in [-0.3, -0.25) is 9.36 Å². The van der Waals surface area contributed by atoms with Gasteiger partial charge in [-0.05, 0) is 48.9 Å². The van der Waals surface area contributed by atoms with Gasteiger partial charge in [0.05, 0.1) is 18.9 Å². The third-order valence-corrected chi connectivity index (χ3v) is 5.69. The van der Waals surface area contributed by atoms with E-state index < -0.39 is 11.9 Å². The normalized spacial score (nSPS) is 12.0. The number of aryl methyl sites for hydroxylation is 1. The number of hydrogen-bond donors (Lipinski definition) is 3. The number of fused-ring (bicyclic) bond motifs is 1. The predicted molar refractivity (Wildman–Crippen MR) is 132 cm³/mol. The van der Waals surface area contributed by atoms with Gasteiger partial charge in [0.2, 0.25) is 5.95 Å². The number of nitrogens with one attached hydrogen (secondary N) is 2. The summed E-state index contributed by atoms with van der Waals surface area (Å²) in [6.07, 6.45) is 6.43. The highest BCUT2D eigenvalue weighted by Crippen LogP contribution is 2.23. The maximum atomic E-state index is 12.8. The lowest BCUT2D eigenvalue weighted by atomic mass is 10.1. The largest absolute Gasteiger partial charge is 0.464 e. The number of benzene rings is 2. The molecule has 3 N–H and O–H groups in total. The zero-order chi connectivity index (χ0) is 24.4. The monoisotopic (exact) mass is 488 g/mol. The van der Waals surface area contributed by atoms with Gasteiger partial charge in [0.1, 0.15) is 23.4 Å². The van der Waals surface area contributed by atoms with E-state index in [9.17, 15) is 9.90 Å². The fraction of sp³-hybridized carbons (Fsp3) is 0.120. The molecule has 1 unspecified atom stereocenters. The highest BCUT2D eigenvalue weighted by atomic mass is 35.5. The molecule has 2 aromatic carbocycles. The van der Waals surface area contributed by atoms with Crippen molar-refractivity contribution in [3.8, 4) is 5.82 Å². The number of aliphatic hydroxyl groups is 1. The number of hydrogen-bond acceptors (Lipinski definition) is 7. The van der Waals surface area contributed by atoms with Crippen molar-refractivity contribution in [2.45, 2.75) is 13.0 Å². The molecule has 0 saturated heterocycles. The van der Waals surface area contributed by atoms with Crippen LogP contribution in [0.2, 0.25) is 5.02 Å². The smallest absolute Gasteiger partial charge is 0.272 e. The lowest BCUT2D eigenvalue weighted by Crippen LogP contribution is -2.31. The first-order chi connectivity index (χ1) is 17.0. The summed E-state index contributed by atoms with van der Waals surface area (Å²) in [5.74, 6) is 0.544. The Hall–Kier alpha value is -4.21. The molecule has 9 nitrogen and oxygen atoms in total. The molecule has 0 aliphatic rings. The first kappa shape index (κ1) is 22.6. The predicted octanol–water partition coefficient (Wildman–Crippen LogP) is 4.58. The van der Waals surface area contributed by atoms with E-state index in [1.807, 2.05) is 31.2 Å². The number of anilines is 2. The van der Waals surface area contributed by atoms with E-state index in [4.69, 9.17) is 16.0 Å². The number of imidazole rings is 1. The van der Waals surface area contributed by atoms with E-state index in [1.165, 1.54) is 6.33 Å². The van der Waals surface area contributed by atoms with E-state index in [0.717, 1.165) is 22.2 Å². The van der Waals surface area contributed by atoms with Gasteiger partial charge in [-0.2, -0.15) is 4.98 Å². The van der Waals surface area contributed by atoms with Gasteiger partial charge in [-0.25, -0.2) is 9.97 Å². The Morgan fingerprint density at radius 1 is 1.20 bits per heavy atom. The number of halogens is 1.